The van der Waals surface area contributed by atoms with Crippen LogP contribution >= 0.6 is 23.2 Å². The van der Waals surface area contributed by atoms with Crippen LogP contribution in [-0.2, 0) is 14.6 Å². The van der Waals surface area contributed by atoms with E-state index in [1.165, 1.54) is 24.3 Å². The average molecular weight is 442 g/mol. The predicted octanol–water partition coefficient (Wildman–Crippen LogP) is 3.46. The highest BCUT2D eigenvalue weighted by atomic mass is 35.5. The Hall–Kier alpha value is -2.62. The molecule has 0 bridgehead atoms. The van der Waals surface area contributed by atoms with Crippen LogP contribution in [0.1, 0.15) is 0 Å². The van der Waals surface area contributed by atoms with Crippen molar-refractivity contribution >= 4 is 45.0 Å². The molecule has 1 heterocycles. The zero-order chi connectivity index (χ0) is 20.3. The van der Waals surface area contributed by atoms with Crippen LogP contribution in [0.5, 0.6) is 5.75 Å². The van der Waals surface area contributed by atoms with Gasteiger partial charge < -0.3 is 9.15 Å². The molecule has 0 unspecified atom stereocenters. The van der Waals surface area contributed by atoms with E-state index in [-0.39, 0.29) is 39.7 Å². The summed E-state index contributed by atoms with van der Waals surface area (Å²) in [7, 11) is -3.50. The third-order valence-corrected chi connectivity index (χ3v) is 5.13. The summed E-state index contributed by atoms with van der Waals surface area (Å²) in [6, 6.07) is 10.6. The first-order valence-corrected chi connectivity index (χ1v) is 10.4. The Balaban J connectivity index is 1.69. The van der Waals surface area contributed by atoms with Crippen molar-refractivity contribution in [3.8, 4) is 17.2 Å². The maximum atomic E-state index is 12.0. The van der Waals surface area contributed by atoms with Gasteiger partial charge in [0, 0.05) is 11.3 Å². The van der Waals surface area contributed by atoms with Crippen molar-refractivity contribution in [1.82, 2.24) is 10.2 Å². The number of aromatic nitrogens is 2. The third-order valence-electron chi connectivity index (χ3n) is 3.44. The number of nitrogens with zero attached hydrogens (tertiary/aromatic N) is 2. The van der Waals surface area contributed by atoms with Crippen molar-refractivity contribution in [2.75, 3.05) is 18.2 Å². The molecule has 1 amide bonds. The summed E-state index contributed by atoms with van der Waals surface area (Å²) in [6.07, 6.45) is 1.07. The van der Waals surface area contributed by atoms with Gasteiger partial charge in [-0.2, -0.15) is 0 Å². The van der Waals surface area contributed by atoms with Gasteiger partial charge in [-0.15, -0.1) is 5.10 Å². The number of halogens is 2. The Labute approximate surface area is 170 Å². The van der Waals surface area contributed by atoms with E-state index < -0.39 is 15.7 Å². The largest absolute Gasteiger partial charge is 0.482 e. The van der Waals surface area contributed by atoms with Gasteiger partial charge in [0.15, 0.2) is 16.4 Å². The van der Waals surface area contributed by atoms with E-state index in [1.807, 2.05) is 0 Å². The van der Waals surface area contributed by atoms with Gasteiger partial charge in [-0.3, -0.25) is 10.1 Å². The molecular formula is C17H13Cl2N3O5S. The number of anilines is 1. The van der Waals surface area contributed by atoms with Gasteiger partial charge in [-0.05, 0) is 30.3 Å². The molecule has 0 aliphatic heterocycles. The highest BCUT2D eigenvalue weighted by molar-refractivity contribution is 7.90. The number of ether oxygens (including phenoxy) is 1. The van der Waals surface area contributed by atoms with Gasteiger partial charge in [0.2, 0.25) is 0 Å². The van der Waals surface area contributed by atoms with E-state index in [4.69, 9.17) is 32.4 Å². The molecule has 0 radical (unpaired) electrons. The summed E-state index contributed by atoms with van der Waals surface area (Å²) in [5, 5.41) is 10.6. The van der Waals surface area contributed by atoms with Crippen molar-refractivity contribution in [1.29, 1.82) is 0 Å². The highest BCUT2D eigenvalue weighted by Gasteiger charge is 2.19. The lowest BCUT2D eigenvalue weighted by Crippen LogP contribution is -2.20. The van der Waals surface area contributed by atoms with Crippen molar-refractivity contribution in [2.24, 2.45) is 0 Å². The molecule has 8 nitrogen and oxygen atoms in total. The van der Waals surface area contributed by atoms with E-state index in [9.17, 15) is 13.2 Å². The average Bonchev–Trinajstić information content (AvgIpc) is 3.08. The molecule has 28 heavy (non-hydrogen) atoms. The van der Waals surface area contributed by atoms with Crippen molar-refractivity contribution < 1.29 is 22.4 Å². The molecule has 0 saturated carbocycles. The zero-order valence-electron chi connectivity index (χ0n) is 14.3. The van der Waals surface area contributed by atoms with Gasteiger partial charge >= 0.3 is 6.01 Å². The summed E-state index contributed by atoms with van der Waals surface area (Å²) in [4.78, 5) is 12.0. The van der Waals surface area contributed by atoms with Crippen LogP contribution < -0.4 is 10.1 Å². The van der Waals surface area contributed by atoms with Gasteiger partial charge in [-0.1, -0.05) is 40.4 Å². The second-order valence-electron chi connectivity index (χ2n) is 5.59. The monoisotopic (exact) mass is 441 g/mol. The number of rotatable bonds is 6. The first-order valence-electron chi connectivity index (χ1n) is 7.74. The van der Waals surface area contributed by atoms with Crippen LogP contribution in [0, 0.1) is 0 Å². The second kappa shape index (κ2) is 8.17. The molecule has 0 fully saturated rings. The van der Waals surface area contributed by atoms with Crippen LogP contribution in [0.3, 0.4) is 0 Å². The van der Waals surface area contributed by atoms with Crippen LogP contribution in [-0.4, -0.2) is 37.4 Å². The summed E-state index contributed by atoms with van der Waals surface area (Å²) in [5.74, 6) is -0.329. The molecule has 0 spiro atoms. The van der Waals surface area contributed by atoms with Crippen LogP contribution in [0.15, 0.2) is 51.8 Å². The minimum Gasteiger partial charge on any atom is -0.482 e. The molecular weight excluding hydrogens is 429 g/mol. The third kappa shape index (κ3) is 4.80. The molecule has 0 atom stereocenters. The number of carbonyl (C=O) groups excluding carboxylic acids is 1. The predicted molar refractivity (Wildman–Crippen MR) is 103 cm³/mol. The first kappa shape index (κ1) is 20.1. The van der Waals surface area contributed by atoms with E-state index in [0.717, 1.165) is 6.26 Å². The van der Waals surface area contributed by atoms with E-state index in [0.29, 0.717) is 5.02 Å². The van der Waals surface area contributed by atoms with E-state index >= 15 is 0 Å². The number of carbonyl (C=O) groups is 1. The summed E-state index contributed by atoms with van der Waals surface area (Å²) in [5.41, 5.74) is 0.238. The molecule has 11 heteroatoms. The minimum absolute atomic E-state index is 0.0391. The summed E-state index contributed by atoms with van der Waals surface area (Å²) in [6.45, 7) is -0.362. The Bertz CT molecular complexity index is 1130. The number of amides is 1. The summed E-state index contributed by atoms with van der Waals surface area (Å²) < 4.78 is 34.4. The van der Waals surface area contributed by atoms with Crippen LogP contribution in [0.2, 0.25) is 10.0 Å². The molecule has 0 aliphatic carbocycles. The van der Waals surface area contributed by atoms with Gasteiger partial charge in [0.25, 0.3) is 11.8 Å². The molecule has 0 aliphatic rings. The fourth-order valence-electron chi connectivity index (χ4n) is 2.24. The maximum Gasteiger partial charge on any atom is 0.322 e. The number of nitrogens with one attached hydrogen (secondary N) is 1. The van der Waals surface area contributed by atoms with E-state index in [2.05, 4.69) is 15.5 Å². The summed E-state index contributed by atoms with van der Waals surface area (Å²) >= 11 is 11.8. The number of hydrogen-bond acceptors (Lipinski definition) is 7. The van der Waals surface area contributed by atoms with Gasteiger partial charge in [0.05, 0.1) is 15.5 Å². The molecule has 0 saturated heterocycles. The second-order valence-corrected chi connectivity index (χ2v) is 8.42. The first-order chi connectivity index (χ1) is 13.2. The van der Waals surface area contributed by atoms with E-state index in [1.54, 1.807) is 18.2 Å². The maximum absolute atomic E-state index is 12.0. The lowest BCUT2D eigenvalue weighted by Gasteiger charge is -2.07. The standard InChI is InChI=1S/C17H13Cl2N3O5S/c1-28(24,25)14-5-3-2-4-11(14)16-21-22-17(27-16)20-15(23)9-26-13-7-6-10(18)8-12(13)19/h2-8H,9H2,1H3,(H,20,22,23). The fourth-order valence-corrected chi connectivity index (χ4v) is 3.58. The Morgan fingerprint density at radius 2 is 1.93 bits per heavy atom. The van der Waals surface area contributed by atoms with Crippen molar-refractivity contribution in [2.45, 2.75) is 4.90 Å². The SMILES string of the molecule is CS(=O)(=O)c1ccccc1-c1nnc(NC(=O)COc2ccc(Cl)cc2Cl)o1. The molecule has 1 N–H and O–H groups in total. The lowest BCUT2D eigenvalue weighted by molar-refractivity contribution is -0.118. The molecule has 3 aromatic rings. The molecule has 2 aromatic carbocycles. The molecule has 1 aromatic heterocycles. The topological polar surface area (TPSA) is 111 Å². The Kier molecular flexibility index (Phi) is 5.87. The number of hydrogen-bond donors (Lipinski definition) is 1. The molecule has 146 valence electrons. The van der Waals surface area contributed by atoms with Crippen LogP contribution in [0.25, 0.3) is 11.5 Å². The fraction of sp³-hybridized carbons (Fsp3) is 0.118. The minimum atomic E-state index is -3.50. The highest BCUT2D eigenvalue weighted by Crippen LogP contribution is 2.28. The number of sulfone groups is 1. The number of benzene rings is 2. The lowest BCUT2D eigenvalue weighted by atomic mass is 10.2. The Morgan fingerprint density at radius 1 is 1.18 bits per heavy atom. The van der Waals surface area contributed by atoms with Gasteiger partial charge in [0.1, 0.15) is 5.75 Å². The van der Waals surface area contributed by atoms with Crippen molar-refractivity contribution in [3.05, 3.63) is 52.5 Å². The van der Waals surface area contributed by atoms with Crippen LogP contribution in [0.4, 0.5) is 6.01 Å². The molecule has 3 rings (SSSR count). The smallest absolute Gasteiger partial charge is 0.322 e. The zero-order valence-corrected chi connectivity index (χ0v) is 16.7. The van der Waals surface area contributed by atoms with Gasteiger partial charge in [-0.25, -0.2) is 8.42 Å². The quantitative estimate of drug-likeness (QED) is 0.622. The van der Waals surface area contributed by atoms with Crippen molar-refractivity contribution in [3.63, 3.8) is 0 Å². The Morgan fingerprint density at radius 3 is 2.64 bits per heavy atom. The normalized spacial score (nSPS) is 11.2.